The highest BCUT2D eigenvalue weighted by molar-refractivity contribution is 5.91. The Bertz CT molecular complexity index is 376. The molecule has 1 saturated heterocycles. The summed E-state index contributed by atoms with van der Waals surface area (Å²) in [6, 6.07) is 0. The Kier molecular flexibility index (Phi) is 3.85. The Balaban J connectivity index is 2.12. The average Bonchev–Trinajstić information content (AvgIpc) is 2.77. The maximum absolute atomic E-state index is 12.4. The molecule has 2 fully saturated rings. The zero-order valence-corrected chi connectivity index (χ0v) is 11.7. The predicted molar refractivity (Wildman–Crippen MR) is 69.7 cm³/mol. The van der Waals surface area contributed by atoms with E-state index in [1.54, 1.807) is 6.92 Å². The van der Waals surface area contributed by atoms with Crippen molar-refractivity contribution in [2.45, 2.75) is 63.5 Å². The molecule has 108 valence electrons. The van der Waals surface area contributed by atoms with Crippen molar-refractivity contribution in [1.82, 2.24) is 5.32 Å². The number of carboxylic acid groups (broad SMARTS) is 1. The molecule has 2 N–H and O–H groups in total. The van der Waals surface area contributed by atoms with Crippen LogP contribution < -0.4 is 5.32 Å². The van der Waals surface area contributed by atoms with Crippen LogP contribution in [-0.4, -0.2) is 34.7 Å². The van der Waals surface area contributed by atoms with E-state index in [0.717, 1.165) is 19.3 Å². The van der Waals surface area contributed by atoms with E-state index < -0.39 is 17.1 Å². The monoisotopic (exact) mass is 269 g/mol. The van der Waals surface area contributed by atoms with Gasteiger partial charge in [-0.1, -0.05) is 19.8 Å². The molecule has 0 aromatic heterocycles. The van der Waals surface area contributed by atoms with E-state index in [9.17, 15) is 14.7 Å². The Morgan fingerprint density at radius 1 is 1.32 bits per heavy atom. The summed E-state index contributed by atoms with van der Waals surface area (Å²) in [6.45, 7) is 4.36. The zero-order chi connectivity index (χ0) is 14.1. The van der Waals surface area contributed by atoms with Crippen molar-refractivity contribution in [3.63, 3.8) is 0 Å². The number of aliphatic carboxylic acids is 1. The number of carbonyl (C=O) groups excluding carboxylic acids is 1. The van der Waals surface area contributed by atoms with Crippen LogP contribution in [0.15, 0.2) is 0 Å². The molecule has 2 rings (SSSR count). The Labute approximate surface area is 113 Å². The lowest BCUT2D eigenvalue weighted by molar-refractivity contribution is -0.154. The molecule has 0 spiro atoms. The molecule has 1 aliphatic heterocycles. The molecule has 0 bridgehead atoms. The largest absolute Gasteiger partial charge is 0.480 e. The fourth-order valence-electron chi connectivity index (χ4n) is 3.22. The molecular weight excluding hydrogens is 246 g/mol. The van der Waals surface area contributed by atoms with E-state index in [4.69, 9.17) is 4.74 Å². The number of hydrogen-bond acceptors (Lipinski definition) is 3. The maximum atomic E-state index is 12.4. The van der Waals surface area contributed by atoms with Crippen molar-refractivity contribution >= 4 is 11.9 Å². The van der Waals surface area contributed by atoms with E-state index >= 15 is 0 Å². The maximum Gasteiger partial charge on any atom is 0.329 e. The predicted octanol–water partition coefficient (Wildman–Crippen LogP) is 1.71. The molecule has 0 aromatic rings. The molecule has 3 unspecified atom stereocenters. The number of carboxylic acids is 1. The van der Waals surface area contributed by atoms with Crippen molar-refractivity contribution in [2.24, 2.45) is 5.92 Å². The Morgan fingerprint density at radius 2 is 2.05 bits per heavy atom. The Hall–Kier alpha value is -1.10. The fraction of sp³-hybridized carbons (Fsp3) is 0.857. The van der Waals surface area contributed by atoms with Gasteiger partial charge in [-0.25, -0.2) is 4.79 Å². The van der Waals surface area contributed by atoms with Crippen LogP contribution in [0, 0.1) is 5.92 Å². The molecule has 0 aromatic carbocycles. The molecule has 1 heterocycles. The SMILES string of the molecule is CC1CCCC(NC(=O)C2(C)CCCO2)(C(=O)O)C1. The van der Waals surface area contributed by atoms with Gasteiger partial charge in [-0.05, 0) is 38.5 Å². The van der Waals surface area contributed by atoms with Crippen molar-refractivity contribution < 1.29 is 19.4 Å². The number of ether oxygens (including phenoxy) is 1. The second kappa shape index (κ2) is 5.12. The first kappa shape index (κ1) is 14.3. The number of nitrogens with one attached hydrogen (secondary N) is 1. The highest BCUT2D eigenvalue weighted by Gasteiger charge is 2.47. The van der Waals surface area contributed by atoms with Gasteiger partial charge in [0.2, 0.25) is 0 Å². The van der Waals surface area contributed by atoms with Crippen LogP contribution in [0.3, 0.4) is 0 Å². The highest BCUT2D eigenvalue weighted by Crippen LogP contribution is 2.34. The quantitative estimate of drug-likeness (QED) is 0.817. The molecule has 0 radical (unpaired) electrons. The first-order valence-corrected chi connectivity index (χ1v) is 7.08. The second-order valence-electron chi connectivity index (χ2n) is 6.23. The summed E-state index contributed by atoms with van der Waals surface area (Å²) in [5.41, 5.74) is -1.97. The molecule has 1 aliphatic carbocycles. The summed E-state index contributed by atoms with van der Waals surface area (Å²) in [4.78, 5) is 24.0. The number of hydrogen-bond donors (Lipinski definition) is 2. The first-order valence-electron chi connectivity index (χ1n) is 7.08. The summed E-state index contributed by atoms with van der Waals surface area (Å²) in [7, 11) is 0. The van der Waals surface area contributed by atoms with E-state index in [0.29, 0.717) is 31.8 Å². The van der Waals surface area contributed by atoms with Gasteiger partial charge < -0.3 is 15.2 Å². The van der Waals surface area contributed by atoms with Crippen LogP contribution in [0.4, 0.5) is 0 Å². The van der Waals surface area contributed by atoms with E-state index in [-0.39, 0.29) is 5.91 Å². The van der Waals surface area contributed by atoms with E-state index in [2.05, 4.69) is 5.32 Å². The van der Waals surface area contributed by atoms with Gasteiger partial charge in [-0.15, -0.1) is 0 Å². The van der Waals surface area contributed by atoms with E-state index in [1.807, 2.05) is 6.92 Å². The van der Waals surface area contributed by atoms with Crippen molar-refractivity contribution in [1.29, 1.82) is 0 Å². The van der Waals surface area contributed by atoms with Gasteiger partial charge in [0.15, 0.2) is 0 Å². The smallest absolute Gasteiger partial charge is 0.329 e. The van der Waals surface area contributed by atoms with E-state index in [1.165, 1.54) is 0 Å². The summed E-state index contributed by atoms with van der Waals surface area (Å²) in [5, 5.41) is 12.3. The summed E-state index contributed by atoms with van der Waals surface area (Å²) < 4.78 is 5.49. The van der Waals surface area contributed by atoms with Gasteiger partial charge in [0.05, 0.1) is 0 Å². The number of amides is 1. The highest BCUT2D eigenvalue weighted by atomic mass is 16.5. The molecule has 5 nitrogen and oxygen atoms in total. The number of rotatable bonds is 3. The zero-order valence-electron chi connectivity index (χ0n) is 11.7. The standard InChI is InChI=1S/C14H23NO4/c1-10-5-3-7-14(9-10,12(17)18)15-11(16)13(2)6-4-8-19-13/h10H,3-9H2,1-2H3,(H,15,16)(H,17,18). The minimum absolute atomic E-state index is 0.276. The van der Waals surface area contributed by atoms with Gasteiger partial charge in [-0.3, -0.25) is 4.79 Å². The van der Waals surface area contributed by atoms with Gasteiger partial charge in [0, 0.05) is 6.61 Å². The van der Waals surface area contributed by atoms with Gasteiger partial charge in [-0.2, -0.15) is 0 Å². The van der Waals surface area contributed by atoms with Gasteiger partial charge in [0.25, 0.3) is 5.91 Å². The molecule has 3 atom stereocenters. The minimum Gasteiger partial charge on any atom is -0.480 e. The van der Waals surface area contributed by atoms with Crippen LogP contribution in [0.5, 0.6) is 0 Å². The van der Waals surface area contributed by atoms with Crippen LogP contribution in [0.2, 0.25) is 0 Å². The summed E-state index contributed by atoms with van der Waals surface area (Å²) in [5.74, 6) is -0.877. The molecular formula is C14H23NO4. The third-order valence-corrected chi connectivity index (χ3v) is 4.46. The molecule has 1 saturated carbocycles. The van der Waals surface area contributed by atoms with Crippen LogP contribution in [0.25, 0.3) is 0 Å². The van der Waals surface area contributed by atoms with Gasteiger partial charge >= 0.3 is 5.97 Å². The van der Waals surface area contributed by atoms with Crippen LogP contribution in [-0.2, 0) is 14.3 Å². The topological polar surface area (TPSA) is 75.6 Å². The minimum atomic E-state index is -1.11. The molecule has 5 heteroatoms. The molecule has 2 aliphatic rings. The average molecular weight is 269 g/mol. The van der Waals surface area contributed by atoms with Crippen molar-refractivity contribution in [3.05, 3.63) is 0 Å². The lowest BCUT2D eigenvalue weighted by Crippen LogP contribution is -2.61. The lowest BCUT2D eigenvalue weighted by Gasteiger charge is -2.39. The summed E-state index contributed by atoms with van der Waals surface area (Å²) >= 11 is 0. The lowest BCUT2D eigenvalue weighted by atomic mass is 9.76. The first-order chi connectivity index (χ1) is 8.88. The van der Waals surface area contributed by atoms with Crippen molar-refractivity contribution in [3.8, 4) is 0 Å². The van der Waals surface area contributed by atoms with Gasteiger partial charge in [0.1, 0.15) is 11.1 Å². The third kappa shape index (κ3) is 2.76. The molecule has 19 heavy (non-hydrogen) atoms. The second-order valence-corrected chi connectivity index (χ2v) is 6.23. The summed E-state index contributed by atoms with van der Waals surface area (Å²) in [6.07, 6.45) is 4.38. The fourth-order valence-corrected chi connectivity index (χ4v) is 3.22. The van der Waals surface area contributed by atoms with Crippen LogP contribution in [0.1, 0.15) is 52.4 Å². The Morgan fingerprint density at radius 3 is 2.58 bits per heavy atom. The third-order valence-electron chi connectivity index (χ3n) is 4.46. The number of carbonyl (C=O) groups is 2. The molecule has 1 amide bonds. The normalized spacial score (nSPS) is 38.9. The van der Waals surface area contributed by atoms with Crippen LogP contribution >= 0.6 is 0 Å². The van der Waals surface area contributed by atoms with Crippen molar-refractivity contribution in [2.75, 3.05) is 6.61 Å².